The first-order chi connectivity index (χ1) is 14.1. The Kier molecular flexibility index (Phi) is 4.39. The van der Waals surface area contributed by atoms with Crippen LogP contribution in [0.2, 0.25) is 0 Å². The minimum Gasteiger partial charge on any atom is -0.346 e. The van der Waals surface area contributed by atoms with Crippen LogP contribution < -0.4 is 0 Å². The van der Waals surface area contributed by atoms with Crippen molar-refractivity contribution in [3.8, 4) is 0 Å². The summed E-state index contributed by atoms with van der Waals surface area (Å²) in [4.78, 5) is 31.0. The normalized spacial score (nSPS) is 16.8. The zero-order valence-corrected chi connectivity index (χ0v) is 15.9. The number of imide groups is 1. The van der Waals surface area contributed by atoms with E-state index in [1.807, 2.05) is 37.3 Å². The van der Waals surface area contributed by atoms with Crippen LogP contribution >= 0.6 is 0 Å². The molecule has 0 atom stereocenters. The van der Waals surface area contributed by atoms with Gasteiger partial charge >= 0.3 is 0 Å². The van der Waals surface area contributed by atoms with Gasteiger partial charge in [-0.05, 0) is 41.0 Å². The lowest BCUT2D eigenvalue weighted by Gasteiger charge is -2.20. The smallest absolute Gasteiger partial charge is 0.285 e. The minimum atomic E-state index is -0.485. The van der Waals surface area contributed by atoms with E-state index in [4.69, 9.17) is 14.3 Å². The number of aryl methyl sites for hydroxylation is 1. The summed E-state index contributed by atoms with van der Waals surface area (Å²) in [7, 11) is 0. The SMILES string of the molecule is Cc1cccc2c(CON3C(=O)c4ccccc4C3=O)c(C3OCCO3)ccc12. The van der Waals surface area contributed by atoms with Crippen molar-refractivity contribution in [2.24, 2.45) is 0 Å². The molecule has 0 aliphatic carbocycles. The van der Waals surface area contributed by atoms with E-state index < -0.39 is 18.1 Å². The molecule has 0 bridgehead atoms. The topological polar surface area (TPSA) is 65.1 Å². The highest BCUT2D eigenvalue weighted by atomic mass is 16.7. The van der Waals surface area contributed by atoms with Gasteiger partial charge in [0.05, 0.1) is 24.3 Å². The maximum Gasteiger partial charge on any atom is 0.285 e. The van der Waals surface area contributed by atoms with Gasteiger partial charge in [-0.3, -0.25) is 14.4 Å². The lowest BCUT2D eigenvalue weighted by molar-refractivity contribution is -0.102. The highest BCUT2D eigenvalue weighted by Gasteiger charge is 2.37. The molecule has 0 spiro atoms. The van der Waals surface area contributed by atoms with Gasteiger partial charge in [-0.25, -0.2) is 0 Å². The molecule has 29 heavy (non-hydrogen) atoms. The molecule has 1 fully saturated rings. The van der Waals surface area contributed by atoms with E-state index in [9.17, 15) is 9.59 Å². The number of nitrogens with zero attached hydrogens (tertiary/aromatic N) is 1. The predicted molar refractivity (Wildman–Crippen MR) is 105 cm³/mol. The molecule has 6 nitrogen and oxygen atoms in total. The molecule has 2 heterocycles. The Morgan fingerprint density at radius 3 is 2.28 bits per heavy atom. The van der Waals surface area contributed by atoms with Crippen LogP contribution in [0.1, 0.15) is 43.7 Å². The fourth-order valence-corrected chi connectivity index (χ4v) is 3.93. The average Bonchev–Trinajstić information content (AvgIpc) is 3.35. The van der Waals surface area contributed by atoms with Crippen LogP contribution in [-0.2, 0) is 20.9 Å². The van der Waals surface area contributed by atoms with Crippen LogP contribution in [0.3, 0.4) is 0 Å². The monoisotopic (exact) mass is 389 g/mol. The molecule has 2 aliphatic heterocycles. The fraction of sp³-hybridized carbons (Fsp3) is 0.217. The highest BCUT2D eigenvalue weighted by molar-refractivity contribution is 6.20. The maximum absolute atomic E-state index is 12.6. The van der Waals surface area contributed by atoms with E-state index in [0.29, 0.717) is 24.3 Å². The van der Waals surface area contributed by atoms with Crippen LogP contribution in [0.5, 0.6) is 0 Å². The Labute approximate surface area is 167 Å². The molecule has 2 aliphatic rings. The lowest BCUT2D eigenvalue weighted by atomic mass is 9.96. The van der Waals surface area contributed by atoms with Crippen LogP contribution in [-0.4, -0.2) is 30.1 Å². The van der Waals surface area contributed by atoms with Gasteiger partial charge in [0, 0.05) is 5.56 Å². The second kappa shape index (κ2) is 7.08. The molecule has 2 amide bonds. The summed E-state index contributed by atoms with van der Waals surface area (Å²) in [6.45, 7) is 3.13. The van der Waals surface area contributed by atoms with E-state index in [0.717, 1.165) is 32.5 Å². The molecule has 6 heteroatoms. The van der Waals surface area contributed by atoms with Crippen molar-refractivity contribution >= 4 is 22.6 Å². The Morgan fingerprint density at radius 1 is 0.897 bits per heavy atom. The summed E-state index contributed by atoms with van der Waals surface area (Å²) in [6, 6.07) is 16.7. The third-order valence-corrected chi connectivity index (χ3v) is 5.40. The first-order valence-electron chi connectivity index (χ1n) is 9.50. The van der Waals surface area contributed by atoms with Crippen molar-refractivity contribution in [3.05, 3.63) is 82.4 Å². The van der Waals surface area contributed by atoms with Crippen LogP contribution in [0.15, 0.2) is 54.6 Å². The Hall–Kier alpha value is -3.06. The second-order valence-electron chi connectivity index (χ2n) is 7.10. The number of carbonyl (C=O) groups is 2. The van der Waals surface area contributed by atoms with Crippen molar-refractivity contribution in [2.75, 3.05) is 13.2 Å². The molecule has 3 aromatic rings. The van der Waals surface area contributed by atoms with E-state index in [-0.39, 0.29) is 6.61 Å². The maximum atomic E-state index is 12.6. The molecular formula is C23H19NO5. The summed E-state index contributed by atoms with van der Waals surface area (Å²) in [6.07, 6.45) is -0.485. The van der Waals surface area contributed by atoms with E-state index in [1.54, 1.807) is 24.3 Å². The molecule has 0 aromatic heterocycles. The summed E-state index contributed by atoms with van der Waals surface area (Å²) in [5.74, 6) is -0.895. The molecular weight excluding hydrogens is 370 g/mol. The van der Waals surface area contributed by atoms with Gasteiger partial charge in [0.2, 0.25) is 0 Å². The van der Waals surface area contributed by atoms with Gasteiger partial charge in [0.1, 0.15) is 6.61 Å². The number of ether oxygens (including phenoxy) is 2. The molecule has 0 radical (unpaired) electrons. The number of hydrogen-bond donors (Lipinski definition) is 0. The molecule has 1 saturated heterocycles. The molecule has 5 rings (SSSR count). The van der Waals surface area contributed by atoms with Crippen molar-refractivity contribution in [1.82, 2.24) is 5.06 Å². The molecule has 146 valence electrons. The van der Waals surface area contributed by atoms with Gasteiger partial charge in [-0.15, -0.1) is 5.06 Å². The number of hydrogen-bond acceptors (Lipinski definition) is 5. The summed E-state index contributed by atoms with van der Waals surface area (Å²) in [5, 5.41) is 2.91. The summed E-state index contributed by atoms with van der Waals surface area (Å²) >= 11 is 0. The molecule has 3 aromatic carbocycles. The number of fused-ring (bicyclic) bond motifs is 2. The van der Waals surface area contributed by atoms with E-state index in [1.165, 1.54) is 0 Å². The second-order valence-corrected chi connectivity index (χ2v) is 7.10. The van der Waals surface area contributed by atoms with Crippen LogP contribution in [0.4, 0.5) is 0 Å². The first kappa shape index (κ1) is 18.0. The molecule has 0 unspecified atom stereocenters. The third kappa shape index (κ3) is 2.93. The Balaban J connectivity index is 1.51. The third-order valence-electron chi connectivity index (χ3n) is 5.40. The van der Waals surface area contributed by atoms with Gasteiger partial charge < -0.3 is 9.47 Å². The Bertz CT molecular complexity index is 1100. The zero-order valence-electron chi connectivity index (χ0n) is 15.9. The fourth-order valence-electron chi connectivity index (χ4n) is 3.93. The largest absolute Gasteiger partial charge is 0.346 e. The first-order valence-corrected chi connectivity index (χ1v) is 9.50. The number of carbonyl (C=O) groups excluding carboxylic acids is 2. The highest BCUT2D eigenvalue weighted by Crippen LogP contribution is 2.34. The van der Waals surface area contributed by atoms with Crippen molar-refractivity contribution in [1.29, 1.82) is 0 Å². The van der Waals surface area contributed by atoms with Crippen LogP contribution in [0.25, 0.3) is 10.8 Å². The number of amides is 2. The average molecular weight is 389 g/mol. The van der Waals surface area contributed by atoms with Crippen molar-refractivity contribution < 1.29 is 23.9 Å². The molecule has 0 saturated carbocycles. The van der Waals surface area contributed by atoms with Crippen LogP contribution in [0, 0.1) is 6.92 Å². The lowest BCUT2D eigenvalue weighted by Crippen LogP contribution is -2.30. The summed E-state index contributed by atoms with van der Waals surface area (Å²) < 4.78 is 11.4. The van der Waals surface area contributed by atoms with E-state index in [2.05, 4.69) is 0 Å². The number of rotatable bonds is 4. The van der Waals surface area contributed by atoms with Gasteiger partial charge in [-0.1, -0.05) is 42.5 Å². The quantitative estimate of drug-likeness (QED) is 0.633. The predicted octanol–water partition coefficient (Wildman–Crippen LogP) is 3.92. The van der Waals surface area contributed by atoms with Gasteiger partial charge in [0.25, 0.3) is 11.8 Å². The minimum absolute atomic E-state index is 0.0464. The number of hydroxylamine groups is 2. The van der Waals surface area contributed by atoms with Gasteiger partial charge in [0.15, 0.2) is 6.29 Å². The standard InChI is InChI=1S/C23H19NO5/c1-14-5-4-8-16-15(14)9-10-19(23-27-11-12-28-23)20(16)13-29-24-21(25)17-6-2-3-7-18(17)22(24)26/h2-10,23H,11-13H2,1H3. The molecule has 0 N–H and O–H groups in total. The Morgan fingerprint density at radius 2 is 1.59 bits per heavy atom. The van der Waals surface area contributed by atoms with Gasteiger partial charge in [-0.2, -0.15) is 0 Å². The number of benzene rings is 3. The van der Waals surface area contributed by atoms with E-state index >= 15 is 0 Å². The van der Waals surface area contributed by atoms with Crippen molar-refractivity contribution in [3.63, 3.8) is 0 Å². The summed E-state index contributed by atoms with van der Waals surface area (Å²) in [5.41, 5.74) is 3.53. The zero-order chi connectivity index (χ0) is 20.0. The van der Waals surface area contributed by atoms with Crippen molar-refractivity contribution in [2.45, 2.75) is 19.8 Å².